The number of halogens is 2. The normalized spacial score (nSPS) is 16.5. The Morgan fingerprint density at radius 2 is 2.06 bits per heavy atom. The highest BCUT2D eigenvalue weighted by molar-refractivity contribution is 9.09. The molecule has 0 spiro atoms. The van der Waals surface area contributed by atoms with Crippen LogP contribution in [0.1, 0.15) is 5.56 Å². The molecule has 1 aromatic rings. The molecule has 2 nitrogen and oxygen atoms in total. The van der Waals surface area contributed by atoms with E-state index in [0.29, 0.717) is 0 Å². The molecule has 0 bridgehead atoms. The molecule has 1 fully saturated rings. The number of alkyl halides is 1. The fraction of sp³-hybridized carbons (Fsp3) is 0.500. The lowest BCUT2D eigenvalue weighted by Crippen LogP contribution is -2.36. The SMILES string of the molecule is Fc1ccc(N2CCOCC2)cc1CCBr. The summed E-state index contributed by atoms with van der Waals surface area (Å²) in [4.78, 5) is 2.24. The van der Waals surface area contributed by atoms with Crippen LogP contribution in [0.3, 0.4) is 0 Å². The van der Waals surface area contributed by atoms with Gasteiger partial charge in [-0.05, 0) is 30.2 Å². The van der Waals surface area contributed by atoms with Crippen LogP contribution in [0.25, 0.3) is 0 Å². The van der Waals surface area contributed by atoms with E-state index in [9.17, 15) is 4.39 Å². The fourth-order valence-electron chi connectivity index (χ4n) is 1.87. The molecule has 0 aliphatic carbocycles. The molecule has 1 saturated heterocycles. The number of hydrogen-bond acceptors (Lipinski definition) is 2. The van der Waals surface area contributed by atoms with Crippen LogP contribution in [-0.4, -0.2) is 31.6 Å². The number of benzene rings is 1. The van der Waals surface area contributed by atoms with E-state index in [1.807, 2.05) is 12.1 Å². The predicted molar refractivity (Wildman–Crippen MR) is 66.9 cm³/mol. The summed E-state index contributed by atoms with van der Waals surface area (Å²) in [6, 6.07) is 5.35. The van der Waals surface area contributed by atoms with Crippen molar-refractivity contribution in [2.24, 2.45) is 0 Å². The Bertz CT molecular complexity index is 353. The van der Waals surface area contributed by atoms with Crippen molar-refractivity contribution in [3.05, 3.63) is 29.6 Å². The molecule has 2 rings (SSSR count). The lowest BCUT2D eigenvalue weighted by atomic mass is 10.1. The maximum Gasteiger partial charge on any atom is 0.126 e. The Hall–Kier alpha value is -0.610. The maximum absolute atomic E-state index is 13.5. The zero-order valence-electron chi connectivity index (χ0n) is 9.09. The Kier molecular flexibility index (Phi) is 4.18. The molecule has 0 radical (unpaired) electrons. The molecule has 1 heterocycles. The summed E-state index contributed by atoms with van der Waals surface area (Å²) in [5.41, 5.74) is 1.88. The van der Waals surface area contributed by atoms with Gasteiger partial charge in [0.25, 0.3) is 0 Å². The van der Waals surface area contributed by atoms with E-state index in [0.717, 1.165) is 49.3 Å². The van der Waals surface area contributed by atoms with Gasteiger partial charge in [-0.25, -0.2) is 4.39 Å². The standard InChI is InChI=1S/C12H15BrFNO/c13-4-3-10-9-11(1-2-12(10)14)15-5-7-16-8-6-15/h1-2,9H,3-8H2. The van der Waals surface area contributed by atoms with Crippen LogP contribution in [0.5, 0.6) is 0 Å². The summed E-state index contributed by atoms with van der Waals surface area (Å²) in [7, 11) is 0. The van der Waals surface area contributed by atoms with E-state index in [1.54, 1.807) is 6.07 Å². The summed E-state index contributed by atoms with van der Waals surface area (Å²) >= 11 is 3.34. The van der Waals surface area contributed by atoms with Gasteiger partial charge in [0.1, 0.15) is 5.82 Å². The van der Waals surface area contributed by atoms with Crippen molar-refractivity contribution in [1.82, 2.24) is 0 Å². The van der Waals surface area contributed by atoms with Crippen molar-refractivity contribution in [3.63, 3.8) is 0 Å². The van der Waals surface area contributed by atoms with E-state index in [4.69, 9.17) is 4.74 Å². The molecule has 0 amide bonds. The maximum atomic E-state index is 13.5. The number of aryl methyl sites for hydroxylation is 1. The molecule has 88 valence electrons. The van der Waals surface area contributed by atoms with E-state index in [2.05, 4.69) is 20.8 Å². The van der Waals surface area contributed by atoms with Crippen molar-refractivity contribution in [3.8, 4) is 0 Å². The number of anilines is 1. The molecule has 1 aromatic carbocycles. The summed E-state index contributed by atoms with van der Waals surface area (Å²) in [5.74, 6) is -0.114. The average molecular weight is 288 g/mol. The van der Waals surface area contributed by atoms with Crippen molar-refractivity contribution < 1.29 is 9.13 Å². The van der Waals surface area contributed by atoms with Gasteiger partial charge in [-0.15, -0.1) is 0 Å². The van der Waals surface area contributed by atoms with Crippen LogP contribution in [0.2, 0.25) is 0 Å². The average Bonchev–Trinajstić information content (AvgIpc) is 2.33. The van der Waals surface area contributed by atoms with E-state index in [1.165, 1.54) is 0 Å². The molecular formula is C12H15BrFNO. The van der Waals surface area contributed by atoms with Gasteiger partial charge in [0, 0.05) is 24.1 Å². The Labute approximate surface area is 104 Å². The monoisotopic (exact) mass is 287 g/mol. The van der Waals surface area contributed by atoms with Gasteiger partial charge >= 0.3 is 0 Å². The lowest BCUT2D eigenvalue weighted by Gasteiger charge is -2.29. The zero-order chi connectivity index (χ0) is 11.4. The lowest BCUT2D eigenvalue weighted by molar-refractivity contribution is 0.122. The third kappa shape index (κ3) is 2.74. The molecule has 0 N–H and O–H groups in total. The highest BCUT2D eigenvalue weighted by Gasteiger charge is 2.12. The fourth-order valence-corrected chi connectivity index (χ4v) is 2.30. The van der Waals surface area contributed by atoms with Crippen molar-refractivity contribution in [1.29, 1.82) is 0 Å². The van der Waals surface area contributed by atoms with Gasteiger partial charge in [-0.1, -0.05) is 15.9 Å². The van der Waals surface area contributed by atoms with Gasteiger partial charge in [0.15, 0.2) is 0 Å². The van der Waals surface area contributed by atoms with Crippen LogP contribution in [-0.2, 0) is 11.2 Å². The minimum Gasteiger partial charge on any atom is -0.378 e. The van der Waals surface area contributed by atoms with Gasteiger partial charge < -0.3 is 9.64 Å². The first-order valence-electron chi connectivity index (χ1n) is 5.48. The van der Waals surface area contributed by atoms with Crippen LogP contribution in [0.15, 0.2) is 18.2 Å². The van der Waals surface area contributed by atoms with Crippen LogP contribution in [0, 0.1) is 5.82 Å². The molecule has 4 heteroatoms. The van der Waals surface area contributed by atoms with Crippen molar-refractivity contribution in [2.45, 2.75) is 6.42 Å². The molecule has 0 aromatic heterocycles. The van der Waals surface area contributed by atoms with Crippen molar-refractivity contribution >= 4 is 21.6 Å². The Morgan fingerprint density at radius 3 is 2.75 bits per heavy atom. The number of morpholine rings is 1. The summed E-state index contributed by atoms with van der Waals surface area (Å²) in [6.45, 7) is 3.29. The summed E-state index contributed by atoms with van der Waals surface area (Å²) in [6.07, 6.45) is 0.726. The first-order valence-corrected chi connectivity index (χ1v) is 6.60. The number of nitrogens with zero attached hydrogens (tertiary/aromatic N) is 1. The third-order valence-corrected chi connectivity index (χ3v) is 3.17. The second kappa shape index (κ2) is 5.64. The smallest absolute Gasteiger partial charge is 0.126 e. The number of ether oxygens (including phenoxy) is 1. The van der Waals surface area contributed by atoms with E-state index < -0.39 is 0 Å². The molecule has 16 heavy (non-hydrogen) atoms. The second-order valence-electron chi connectivity index (χ2n) is 3.81. The minimum absolute atomic E-state index is 0.114. The summed E-state index contributed by atoms with van der Waals surface area (Å²) < 4.78 is 18.8. The van der Waals surface area contributed by atoms with Crippen molar-refractivity contribution in [2.75, 3.05) is 36.5 Å². The van der Waals surface area contributed by atoms with Crippen LogP contribution >= 0.6 is 15.9 Å². The predicted octanol–water partition coefficient (Wildman–Crippen LogP) is 2.60. The van der Waals surface area contributed by atoms with Gasteiger partial charge in [-0.2, -0.15) is 0 Å². The second-order valence-corrected chi connectivity index (χ2v) is 4.61. The quantitative estimate of drug-likeness (QED) is 0.793. The Balaban J connectivity index is 2.17. The molecule has 1 aliphatic heterocycles. The zero-order valence-corrected chi connectivity index (χ0v) is 10.7. The van der Waals surface area contributed by atoms with Crippen LogP contribution < -0.4 is 4.90 Å². The van der Waals surface area contributed by atoms with Gasteiger partial charge in [-0.3, -0.25) is 0 Å². The largest absolute Gasteiger partial charge is 0.378 e. The third-order valence-electron chi connectivity index (χ3n) is 2.77. The number of rotatable bonds is 3. The van der Waals surface area contributed by atoms with E-state index >= 15 is 0 Å². The first-order chi connectivity index (χ1) is 7.81. The molecule has 0 atom stereocenters. The minimum atomic E-state index is -0.114. The highest BCUT2D eigenvalue weighted by atomic mass is 79.9. The van der Waals surface area contributed by atoms with E-state index in [-0.39, 0.29) is 5.82 Å². The molecule has 0 saturated carbocycles. The van der Waals surface area contributed by atoms with Gasteiger partial charge in [0.05, 0.1) is 13.2 Å². The molecule has 0 unspecified atom stereocenters. The first kappa shape index (κ1) is 11.9. The summed E-state index contributed by atoms with van der Waals surface area (Å²) in [5, 5.41) is 0.788. The topological polar surface area (TPSA) is 12.5 Å². The number of hydrogen-bond donors (Lipinski definition) is 0. The molecule has 1 aliphatic rings. The molecular weight excluding hydrogens is 273 g/mol. The Morgan fingerprint density at radius 1 is 1.31 bits per heavy atom. The van der Waals surface area contributed by atoms with Crippen LogP contribution in [0.4, 0.5) is 10.1 Å². The highest BCUT2D eigenvalue weighted by Crippen LogP contribution is 2.20. The van der Waals surface area contributed by atoms with Gasteiger partial charge in [0.2, 0.25) is 0 Å².